The van der Waals surface area contributed by atoms with Crippen molar-refractivity contribution in [3.05, 3.63) is 22.7 Å². The van der Waals surface area contributed by atoms with Crippen LogP contribution < -0.4 is 14.8 Å². The van der Waals surface area contributed by atoms with Gasteiger partial charge in [-0.15, -0.1) is 0 Å². The number of hydrogen-bond acceptors (Lipinski definition) is 4. The molecule has 1 aliphatic heterocycles. The quantitative estimate of drug-likeness (QED) is 0.866. The summed E-state index contributed by atoms with van der Waals surface area (Å²) in [6.07, 6.45) is 4.19. The highest BCUT2D eigenvalue weighted by molar-refractivity contribution is 7.98. The summed E-state index contributed by atoms with van der Waals surface area (Å²) < 4.78 is 11.3. The monoisotopic (exact) mass is 315 g/mol. The molecule has 1 aromatic rings. The minimum absolute atomic E-state index is 0.497. The maximum Gasteiger partial charge on any atom is 0.179 e. The molecule has 2 rings (SSSR count). The fourth-order valence-electron chi connectivity index (χ4n) is 2.08. The predicted octanol–water partition coefficient (Wildman–Crippen LogP) is 3.73. The Balaban J connectivity index is 1.98. The number of nitrogens with one attached hydrogen (secondary N) is 1. The number of ether oxygens (including phenoxy) is 2. The highest BCUT2D eigenvalue weighted by atomic mass is 35.5. The molecule has 0 aliphatic carbocycles. The fourth-order valence-corrected chi connectivity index (χ4v) is 2.95. The van der Waals surface area contributed by atoms with Crippen LogP contribution in [-0.4, -0.2) is 31.3 Å². The van der Waals surface area contributed by atoms with Gasteiger partial charge in [0.2, 0.25) is 0 Å². The van der Waals surface area contributed by atoms with Crippen molar-refractivity contribution in [3.8, 4) is 11.5 Å². The molecule has 112 valence electrons. The van der Waals surface area contributed by atoms with E-state index >= 15 is 0 Å². The topological polar surface area (TPSA) is 30.5 Å². The van der Waals surface area contributed by atoms with Crippen molar-refractivity contribution in [2.24, 2.45) is 0 Å². The SMILES string of the molecule is CSCCC(C)NCc1cc(Cl)c2c(c1)OCCCO2. The number of benzene rings is 1. The molecule has 0 radical (unpaired) electrons. The first-order valence-corrected chi connectivity index (χ1v) is 8.78. The van der Waals surface area contributed by atoms with Crippen LogP contribution in [0.15, 0.2) is 12.1 Å². The van der Waals surface area contributed by atoms with E-state index < -0.39 is 0 Å². The third-order valence-corrected chi connectivity index (χ3v) is 4.20. The van der Waals surface area contributed by atoms with E-state index in [1.807, 2.05) is 23.9 Å². The second kappa shape index (κ2) is 8.01. The molecule has 1 aliphatic rings. The van der Waals surface area contributed by atoms with E-state index in [0.717, 1.165) is 24.3 Å². The zero-order chi connectivity index (χ0) is 14.4. The Hall–Kier alpha value is -0.580. The first-order chi connectivity index (χ1) is 9.70. The fraction of sp³-hybridized carbons (Fsp3) is 0.600. The standard InChI is InChI=1S/C15H22ClNO2S/c1-11(4-7-20-2)17-10-12-8-13(16)15-14(9-12)18-5-3-6-19-15/h8-9,11,17H,3-7,10H2,1-2H3. The molecule has 1 N–H and O–H groups in total. The average molecular weight is 316 g/mol. The molecular weight excluding hydrogens is 294 g/mol. The molecule has 5 heteroatoms. The van der Waals surface area contributed by atoms with E-state index in [9.17, 15) is 0 Å². The van der Waals surface area contributed by atoms with Crippen molar-refractivity contribution >= 4 is 23.4 Å². The number of rotatable bonds is 6. The van der Waals surface area contributed by atoms with Crippen molar-refractivity contribution < 1.29 is 9.47 Å². The molecule has 0 saturated heterocycles. The molecule has 0 bridgehead atoms. The van der Waals surface area contributed by atoms with E-state index in [-0.39, 0.29) is 0 Å². The van der Waals surface area contributed by atoms with Crippen LogP contribution in [-0.2, 0) is 6.54 Å². The van der Waals surface area contributed by atoms with Gasteiger partial charge < -0.3 is 14.8 Å². The van der Waals surface area contributed by atoms with Crippen LogP contribution in [0.5, 0.6) is 11.5 Å². The summed E-state index contributed by atoms with van der Waals surface area (Å²) in [7, 11) is 0. The minimum atomic E-state index is 0.497. The Morgan fingerprint density at radius 2 is 2.15 bits per heavy atom. The smallest absolute Gasteiger partial charge is 0.179 e. The zero-order valence-corrected chi connectivity index (χ0v) is 13.6. The lowest BCUT2D eigenvalue weighted by Gasteiger charge is -2.15. The Bertz CT molecular complexity index is 442. The second-order valence-electron chi connectivity index (χ2n) is 5.02. The average Bonchev–Trinajstić information content (AvgIpc) is 2.68. The van der Waals surface area contributed by atoms with E-state index in [4.69, 9.17) is 21.1 Å². The van der Waals surface area contributed by atoms with Crippen molar-refractivity contribution in [2.45, 2.75) is 32.4 Å². The van der Waals surface area contributed by atoms with Gasteiger partial charge in [0.15, 0.2) is 11.5 Å². The highest BCUT2D eigenvalue weighted by Gasteiger charge is 2.15. The van der Waals surface area contributed by atoms with Gasteiger partial charge in [0.1, 0.15) is 0 Å². The molecule has 0 fully saturated rings. The maximum absolute atomic E-state index is 6.28. The Morgan fingerprint density at radius 1 is 1.35 bits per heavy atom. The largest absolute Gasteiger partial charge is 0.489 e. The molecule has 1 aromatic carbocycles. The van der Waals surface area contributed by atoms with Crippen LogP contribution >= 0.6 is 23.4 Å². The normalized spacial score (nSPS) is 15.8. The lowest BCUT2D eigenvalue weighted by atomic mass is 10.1. The summed E-state index contributed by atoms with van der Waals surface area (Å²) in [6, 6.07) is 4.49. The lowest BCUT2D eigenvalue weighted by molar-refractivity contribution is 0.297. The summed E-state index contributed by atoms with van der Waals surface area (Å²) in [5, 5.41) is 4.15. The van der Waals surface area contributed by atoms with Crippen molar-refractivity contribution in [2.75, 3.05) is 25.2 Å². The molecule has 1 unspecified atom stereocenters. The molecule has 0 spiro atoms. The molecule has 3 nitrogen and oxygen atoms in total. The zero-order valence-electron chi connectivity index (χ0n) is 12.1. The van der Waals surface area contributed by atoms with E-state index in [1.54, 1.807) is 0 Å². The van der Waals surface area contributed by atoms with Crippen LogP contribution in [0.4, 0.5) is 0 Å². The lowest BCUT2D eigenvalue weighted by Crippen LogP contribution is -2.26. The van der Waals surface area contributed by atoms with Gasteiger partial charge in [-0.05, 0) is 43.0 Å². The molecule has 0 amide bonds. The summed E-state index contributed by atoms with van der Waals surface area (Å²) in [5.74, 6) is 2.63. The van der Waals surface area contributed by atoms with E-state index in [2.05, 4.69) is 18.5 Å². The third-order valence-electron chi connectivity index (χ3n) is 3.27. The summed E-state index contributed by atoms with van der Waals surface area (Å²) in [4.78, 5) is 0. The van der Waals surface area contributed by atoms with Gasteiger partial charge in [-0.1, -0.05) is 11.6 Å². The van der Waals surface area contributed by atoms with Gasteiger partial charge in [-0.2, -0.15) is 11.8 Å². The van der Waals surface area contributed by atoms with Gasteiger partial charge in [0.25, 0.3) is 0 Å². The summed E-state index contributed by atoms with van der Waals surface area (Å²) in [6.45, 7) is 4.35. The number of thioether (sulfide) groups is 1. The Labute approximate surface area is 130 Å². The van der Waals surface area contributed by atoms with Crippen LogP contribution in [0.2, 0.25) is 5.02 Å². The molecule has 1 heterocycles. The molecule has 1 atom stereocenters. The van der Waals surface area contributed by atoms with Crippen molar-refractivity contribution in [3.63, 3.8) is 0 Å². The van der Waals surface area contributed by atoms with Gasteiger partial charge in [-0.25, -0.2) is 0 Å². The number of fused-ring (bicyclic) bond motifs is 1. The van der Waals surface area contributed by atoms with Crippen LogP contribution in [0.3, 0.4) is 0 Å². The van der Waals surface area contributed by atoms with Crippen molar-refractivity contribution in [1.29, 1.82) is 0 Å². The summed E-state index contributed by atoms with van der Waals surface area (Å²) >= 11 is 8.16. The van der Waals surface area contributed by atoms with E-state index in [0.29, 0.717) is 30.0 Å². The first kappa shape index (κ1) is 15.8. The maximum atomic E-state index is 6.28. The Morgan fingerprint density at radius 3 is 2.95 bits per heavy atom. The highest BCUT2D eigenvalue weighted by Crippen LogP contribution is 2.37. The first-order valence-electron chi connectivity index (χ1n) is 7.01. The van der Waals surface area contributed by atoms with E-state index in [1.165, 1.54) is 12.2 Å². The minimum Gasteiger partial charge on any atom is -0.489 e. The molecule has 0 saturated carbocycles. The predicted molar refractivity (Wildman–Crippen MR) is 86.4 cm³/mol. The molecule has 20 heavy (non-hydrogen) atoms. The van der Waals surface area contributed by atoms with Crippen LogP contribution in [0, 0.1) is 0 Å². The van der Waals surface area contributed by atoms with Gasteiger partial charge in [-0.3, -0.25) is 0 Å². The second-order valence-corrected chi connectivity index (χ2v) is 6.41. The molecule has 0 aromatic heterocycles. The van der Waals surface area contributed by atoms with Crippen molar-refractivity contribution in [1.82, 2.24) is 5.32 Å². The van der Waals surface area contributed by atoms with Gasteiger partial charge in [0, 0.05) is 19.0 Å². The van der Waals surface area contributed by atoms with Gasteiger partial charge >= 0.3 is 0 Å². The summed E-state index contributed by atoms with van der Waals surface area (Å²) in [5.41, 5.74) is 1.13. The third kappa shape index (κ3) is 4.47. The van der Waals surface area contributed by atoms with Crippen LogP contribution in [0.25, 0.3) is 0 Å². The molecular formula is C15H22ClNO2S. The van der Waals surface area contributed by atoms with Crippen LogP contribution in [0.1, 0.15) is 25.3 Å². The number of hydrogen-bond donors (Lipinski definition) is 1. The number of halogens is 1. The van der Waals surface area contributed by atoms with Gasteiger partial charge in [0.05, 0.1) is 18.2 Å². The Kier molecular flexibility index (Phi) is 6.33.